The van der Waals surface area contributed by atoms with Crippen molar-refractivity contribution in [2.24, 2.45) is 0 Å². The predicted molar refractivity (Wildman–Crippen MR) is 178 cm³/mol. The molecule has 27 heteroatoms. The molecule has 17 N–H and O–H groups in total. The van der Waals surface area contributed by atoms with E-state index in [9.17, 15) is 86.5 Å². The lowest BCUT2D eigenvalue weighted by Crippen LogP contribution is -2.71. The Morgan fingerprint density at radius 3 is 1.64 bits per heavy atom. The van der Waals surface area contributed by atoms with Crippen molar-refractivity contribution in [3.05, 3.63) is 0 Å². The van der Waals surface area contributed by atoms with Crippen LogP contribution in [0.5, 0.6) is 0 Å². The summed E-state index contributed by atoms with van der Waals surface area (Å²) in [5, 5.41) is 170. The van der Waals surface area contributed by atoms with Gasteiger partial charge in [-0.05, 0) is 0 Å². The van der Waals surface area contributed by atoms with Crippen LogP contribution < -0.4 is 5.32 Å². The van der Waals surface area contributed by atoms with Gasteiger partial charge in [0.2, 0.25) is 11.7 Å². The number of amides is 1. The van der Waals surface area contributed by atoms with E-state index in [2.05, 4.69) is 5.32 Å². The summed E-state index contributed by atoms with van der Waals surface area (Å²) in [7, 11) is 0. The second-order valence-electron chi connectivity index (χ2n) is 14.8. The maximum atomic E-state index is 12.6. The van der Waals surface area contributed by atoms with Crippen LogP contribution in [0.25, 0.3) is 0 Å². The molecule has 1 unspecified atom stereocenters. The van der Waals surface area contributed by atoms with E-state index in [1.807, 2.05) is 0 Å². The number of hydrogen-bond acceptors (Lipinski definition) is 26. The first kappa shape index (κ1) is 48.5. The Kier molecular flexibility index (Phi) is 16.7. The third kappa shape index (κ3) is 9.84. The Balaban J connectivity index is 1.46. The van der Waals surface area contributed by atoms with Gasteiger partial charge >= 0.3 is 0 Å². The van der Waals surface area contributed by atoms with Gasteiger partial charge in [0.1, 0.15) is 123 Å². The average Bonchev–Trinajstić information content (AvgIpc) is 3.21. The van der Waals surface area contributed by atoms with Crippen LogP contribution in [-0.2, 0) is 47.4 Å². The molecule has 5 rings (SSSR count). The molecule has 1 amide bonds. The molecule has 0 aliphatic carbocycles. The summed E-state index contributed by atoms with van der Waals surface area (Å²) in [5.41, 5.74) is 0. The van der Waals surface area contributed by atoms with Gasteiger partial charge in [-0.15, -0.1) is 0 Å². The summed E-state index contributed by atoms with van der Waals surface area (Å²) in [5.74, 6) is -3.48. The fourth-order valence-electron chi connectivity index (χ4n) is 7.44. The molecule has 0 aromatic carbocycles. The molecule has 5 fully saturated rings. The van der Waals surface area contributed by atoms with E-state index in [1.165, 1.54) is 0 Å². The topological polar surface area (TPSA) is 436 Å². The standard InChI is InChI=1S/C32H55NO26/c1-8(39)33-14-24(57-31-26(19(45)16(42)10(2-34)55-31)59-32(7-38)27(49)15(41)9(40)6-51-32)17(43)11(3-35)53-29(14)58-25-18(44)12(4-36)54-30(22(25)48)56-23-13(5-37)52-28(50)21(47)20(23)46/h9-31,34-38,40-50H,2-7H2,1H3,(H,33,39)/t9-,10-,11-,12-,13-,14-,15-,16+,17-,18+,19+,20-,21-,22-,23-,24-,25+,26-,27+,28?,29+,30+,31+,32-/m1/s1. The molecule has 27 nitrogen and oxygen atoms in total. The summed E-state index contributed by atoms with van der Waals surface area (Å²) < 4.78 is 50.6. The Hall–Kier alpha value is -1.53. The first-order valence-electron chi connectivity index (χ1n) is 18.6. The van der Waals surface area contributed by atoms with Crippen molar-refractivity contribution in [2.75, 3.05) is 39.6 Å². The first-order chi connectivity index (χ1) is 27.9. The lowest BCUT2D eigenvalue weighted by atomic mass is 9.93. The Morgan fingerprint density at radius 2 is 1.07 bits per heavy atom. The molecule has 0 spiro atoms. The first-order valence-corrected chi connectivity index (χ1v) is 18.6. The predicted octanol–water partition coefficient (Wildman–Crippen LogP) is -11.8. The Labute approximate surface area is 333 Å². The van der Waals surface area contributed by atoms with E-state index >= 15 is 0 Å². The third-order valence-corrected chi connectivity index (χ3v) is 10.8. The molecule has 5 saturated heterocycles. The molecule has 0 radical (unpaired) electrons. The summed E-state index contributed by atoms with van der Waals surface area (Å²) in [6.45, 7) is -4.77. The fraction of sp³-hybridized carbons (Fsp3) is 0.969. The summed E-state index contributed by atoms with van der Waals surface area (Å²) in [4.78, 5) is 12.6. The summed E-state index contributed by atoms with van der Waals surface area (Å²) in [6.07, 6.45) is -42.0. The van der Waals surface area contributed by atoms with Crippen LogP contribution in [0.3, 0.4) is 0 Å². The highest BCUT2D eigenvalue weighted by Crippen LogP contribution is 2.37. The van der Waals surface area contributed by atoms with Crippen LogP contribution in [0, 0.1) is 0 Å². The summed E-state index contributed by atoms with van der Waals surface area (Å²) in [6, 6.07) is -1.77. The lowest BCUT2D eigenvalue weighted by Gasteiger charge is -2.51. The van der Waals surface area contributed by atoms with Gasteiger partial charge in [-0.2, -0.15) is 0 Å². The molecular weight excluding hydrogens is 814 g/mol. The Morgan fingerprint density at radius 1 is 0.559 bits per heavy atom. The van der Waals surface area contributed by atoms with Crippen LogP contribution in [0.4, 0.5) is 0 Å². The SMILES string of the molecule is CC(=O)N[C@H]1[C@H](O[C@H]2[C@@H](O)[C@@H](CO)O[C@@H](O[C@H]3[C@H](O)[C@@H](O)C(O)O[C@@H]3CO)[C@@H]2O)O[C@H](CO)[C@@H](O)[C@@H]1O[C@@H]1O[C@H](CO)[C@H](O)[C@H](O)[C@H]1O[C@@]1(CO)OC[C@@H](O)[C@@H](O)[C@@H]1O. The van der Waals surface area contributed by atoms with Crippen LogP contribution in [0.15, 0.2) is 0 Å². The smallest absolute Gasteiger partial charge is 0.221 e. The van der Waals surface area contributed by atoms with Crippen molar-refractivity contribution in [3.8, 4) is 0 Å². The van der Waals surface area contributed by atoms with Gasteiger partial charge in [-0.3, -0.25) is 4.79 Å². The lowest BCUT2D eigenvalue weighted by molar-refractivity contribution is -0.413. The van der Waals surface area contributed by atoms with Crippen molar-refractivity contribution < 1.29 is 129 Å². The minimum absolute atomic E-state index is 0.717. The highest BCUT2D eigenvalue weighted by Gasteiger charge is 2.59. The van der Waals surface area contributed by atoms with E-state index in [1.54, 1.807) is 0 Å². The minimum Gasteiger partial charge on any atom is -0.394 e. The highest BCUT2D eigenvalue weighted by molar-refractivity contribution is 5.73. The van der Waals surface area contributed by atoms with Crippen LogP contribution in [-0.4, -0.2) is 274 Å². The van der Waals surface area contributed by atoms with E-state index in [0.717, 1.165) is 6.92 Å². The second-order valence-corrected chi connectivity index (χ2v) is 14.8. The van der Waals surface area contributed by atoms with Gasteiger partial charge in [-0.1, -0.05) is 0 Å². The average molecular weight is 870 g/mol. The molecule has 59 heavy (non-hydrogen) atoms. The molecule has 0 bridgehead atoms. The fourth-order valence-corrected chi connectivity index (χ4v) is 7.44. The van der Waals surface area contributed by atoms with Gasteiger partial charge in [0.15, 0.2) is 25.2 Å². The van der Waals surface area contributed by atoms with E-state index < -0.39 is 192 Å². The number of hydrogen-bond donors (Lipinski definition) is 17. The largest absolute Gasteiger partial charge is 0.394 e. The molecule has 0 aromatic rings. The molecular formula is C32H55NO26. The molecule has 5 aliphatic heterocycles. The van der Waals surface area contributed by atoms with Crippen LogP contribution >= 0.6 is 0 Å². The van der Waals surface area contributed by atoms with Crippen molar-refractivity contribution in [2.45, 2.75) is 154 Å². The Bertz CT molecular complexity index is 1340. The van der Waals surface area contributed by atoms with Crippen LogP contribution in [0.1, 0.15) is 6.92 Å². The van der Waals surface area contributed by atoms with E-state index in [0.29, 0.717) is 0 Å². The van der Waals surface area contributed by atoms with Crippen molar-refractivity contribution in [1.82, 2.24) is 5.32 Å². The minimum atomic E-state index is -2.63. The van der Waals surface area contributed by atoms with Crippen LogP contribution in [0.2, 0.25) is 0 Å². The van der Waals surface area contributed by atoms with Crippen molar-refractivity contribution in [1.29, 1.82) is 0 Å². The van der Waals surface area contributed by atoms with Gasteiger partial charge in [0, 0.05) is 6.92 Å². The second kappa shape index (κ2) is 20.3. The number of ether oxygens (including phenoxy) is 9. The number of aliphatic hydroxyl groups excluding tert-OH is 16. The number of nitrogens with one attached hydrogen (secondary N) is 1. The number of carbonyl (C=O) groups is 1. The molecule has 0 saturated carbocycles. The van der Waals surface area contributed by atoms with Gasteiger partial charge in [0.05, 0.1) is 33.0 Å². The molecule has 0 aromatic heterocycles. The normalized spacial score (nSPS) is 51.0. The maximum Gasteiger partial charge on any atom is 0.221 e. The highest BCUT2D eigenvalue weighted by atomic mass is 16.8. The maximum absolute atomic E-state index is 12.6. The van der Waals surface area contributed by atoms with E-state index in [-0.39, 0.29) is 0 Å². The number of aliphatic hydroxyl groups is 16. The molecule has 5 aliphatic rings. The quantitative estimate of drug-likeness (QED) is 0.0770. The molecule has 5 heterocycles. The zero-order chi connectivity index (χ0) is 43.7. The van der Waals surface area contributed by atoms with Gasteiger partial charge in [-0.25, -0.2) is 0 Å². The summed E-state index contributed by atoms with van der Waals surface area (Å²) >= 11 is 0. The molecule has 344 valence electrons. The van der Waals surface area contributed by atoms with Crippen molar-refractivity contribution in [3.63, 3.8) is 0 Å². The number of rotatable bonds is 14. The monoisotopic (exact) mass is 869 g/mol. The zero-order valence-corrected chi connectivity index (χ0v) is 31.3. The number of carbonyl (C=O) groups excluding carboxylic acids is 1. The van der Waals surface area contributed by atoms with Crippen molar-refractivity contribution >= 4 is 5.91 Å². The zero-order valence-electron chi connectivity index (χ0n) is 31.3. The third-order valence-electron chi connectivity index (χ3n) is 10.8. The molecule has 24 atom stereocenters. The van der Waals surface area contributed by atoms with E-state index in [4.69, 9.17) is 42.6 Å². The van der Waals surface area contributed by atoms with Gasteiger partial charge < -0.3 is 130 Å². The van der Waals surface area contributed by atoms with Gasteiger partial charge in [0.25, 0.3) is 0 Å².